The van der Waals surface area contributed by atoms with Crippen LogP contribution in [0.15, 0.2) is 24.3 Å². The molecule has 17 heavy (non-hydrogen) atoms. The van der Waals surface area contributed by atoms with Crippen molar-refractivity contribution in [3.8, 4) is 0 Å². The molecule has 2 nitrogen and oxygen atoms in total. The van der Waals surface area contributed by atoms with Gasteiger partial charge in [0, 0.05) is 19.7 Å². The zero-order valence-electron chi connectivity index (χ0n) is 11.0. The summed E-state index contributed by atoms with van der Waals surface area (Å²) < 4.78 is 5.77. The van der Waals surface area contributed by atoms with Crippen LogP contribution in [0, 0.1) is 0 Å². The van der Waals surface area contributed by atoms with E-state index in [-0.39, 0.29) is 5.60 Å². The van der Waals surface area contributed by atoms with Crippen LogP contribution in [0.5, 0.6) is 0 Å². The van der Waals surface area contributed by atoms with E-state index in [0.29, 0.717) is 0 Å². The van der Waals surface area contributed by atoms with Crippen LogP contribution in [-0.2, 0) is 17.7 Å². The summed E-state index contributed by atoms with van der Waals surface area (Å²) in [7, 11) is 0. The molecule has 1 unspecified atom stereocenters. The lowest BCUT2D eigenvalue weighted by atomic mass is 10.0. The van der Waals surface area contributed by atoms with Crippen molar-refractivity contribution in [3.63, 3.8) is 0 Å². The molecular weight excluding hydrogens is 210 g/mol. The summed E-state index contributed by atoms with van der Waals surface area (Å²) in [5, 5.41) is 3.53. The van der Waals surface area contributed by atoms with Gasteiger partial charge in [0.25, 0.3) is 0 Å². The third-order valence-electron chi connectivity index (χ3n) is 3.61. The molecule has 1 N–H and O–H groups in total. The summed E-state index contributed by atoms with van der Waals surface area (Å²) >= 11 is 0. The second-order valence-corrected chi connectivity index (χ2v) is 5.13. The molecule has 0 aromatic heterocycles. The van der Waals surface area contributed by atoms with Gasteiger partial charge >= 0.3 is 0 Å². The van der Waals surface area contributed by atoms with E-state index in [1.807, 2.05) is 0 Å². The Balaban J connectivity index is 1.85. The number of hydrogen-bond donors (Lipinski definition) is 1. The van der Waals surface area contributed by atoms with E-state index in [2.05, 4.69) is 43.4 Å². The number of benzene rings is 1. The van der Waals surface area contributed by atoms with Crippen LogP contribution in [0.25, 0.3) is 0 Å². The highest BCUT2D eigenvalue weighted by Crippen LogP contribution is 2.24. The molecule has 94 valence electrons. The second kappa shape index (κ2) is 5.65. The molecule has 0 aliphatic carbocycles. The van der Waals surface area contributed by atoms with Crippen molar-refractivity contribution in [2.75, 3.05) is 13.2 Å². The highest BCUT2D eigenvalue weighted by molar-refractivity contribution is 5.26. The SMILES string of the molecule is CCc1ccccc1CNCC1(C)CCCO1. The van der Waals surface area contributed by atoms with Gasteiger partial charge in [0.2, 0.25) is 0 Å². The van der Waals surface area contributed by atoms with E-state index >= 15 is 0 Å². The number of nitrogens with one attached hydrogen (secondary N) is 1. The van der Waals surface area contributed by atoms with Crippen LogP contribution in [0.4, 0.5) is 0 Å². The normalized spacial score (nSPS) is 24.1. The van der Waals surface area contributed by atoms with Crippen LogP contribution >= 0.6 is 0 Å². The van der Waals surface area contributed by atoms with Gasteiger partial charge in [-0.25, -0.2) is 0 Å². The lowest BCUT2D eigenvalue weighted by molar-refractivity contribution is 0.0206. The van der Waals surface area contributed by atoms with E-state index < -0.39 is 0 Å². The van der Waals surface area contributed by atoms with Gasteiger partial charge < -0.3 is 10.1 Å². The lowest BCUT2D eigenvalue weighted by Gasteiger charge is -2.23. The van der Waals surface area contributed by atoms with E-state index in [4.69, 9.17) is 4.74 Å². The van der Waals surface area contributed by atoms with E-state index in [1.165, 1.54) is 24.0 Å². The van der Waals surface area contributed by atoms with Crippen molar-refractivity contribution in [2.45, 2.75) is 45.3 Å². The van der Waals surface area contributed by atoms with Crippen LogP contribution in [0.2, 0.25) is 0 Å². The van der Waals surface area contributed by atoms with Gasteiger partial charge in [0.15, 0.2) is 0 Å². The van der Waals surface area contributed by atoms with Crippen molar-refractivity contribution >= 4 is 0 Å². The van der Waals surface area contributed by atoms with Crippen molar-refractivity contribution in [1.29, 1.82) is 0 Å². The van der Waals surface area contributed by atoms with Crippen LogP contribution in [0.3, 0.4) is 0 Å². The third kappa shape index (κ3) is 3.30. The Kier molecular flexibility index (Phi) is 4.19. The molecule has 2 heteroatoms. The number of rotatable bonds is 5. The van der Waals surface area contributed by atoms with Crippen molar-refractivity contribution in [3.05, 3.63) is 35.4 Å². The molecule has 0 saturated carbocycles. The topological polar surface area (TPSA) is 21.3 Å². The first-order valence-electron chi connectivity index (χ1n) is 6.65. The molecule has 1 aliphatic heterocycles. The first-order valence-corrected chi connectivity index (χ1v) is 6.65. The Morgan fingerprint density at radius 3 is 2.71 bits per heavy atom. The minimum Gasteiger partial charge on any atom is -0.374 e. The Labute approximate surface area is 104 Å². The van der Waals surface area contributed by atoms with Crippen LogP contribution < -0.4 is 5.32 Å². The molecule has 2 rings (SSSR count). The number of hydrogen-bond acceptors (Lipinski definition) is 2. The van der Waals surface area contributed by atoms with Crippen molar-refractivity contribution < 1.29 is 4.74 Å². The highest BCUT2D eigenvalue weighted by atomic mass is 16.5. The summed E-state index contributed by atoms with van der Waals surface area (Å²) in [6.45, 7) is 7.23. The van der Waals surface area contributed by atoms with Gasteiger partial charge in [0.05, 0.1) is 5.60 Å². The Hall–Kier alpha value is -0.860. The number of aryl methyl sites for hydroxylation is 1. The van der Waals surface area contributed by atoms with Gasteiger partial charge in [-0.05, 0) is 37.3 Å². The van der Waals surface area contributed by atoms with Gasteiger partial charge in [-0.3, -0.25) is 0 Å². The molecule has 0 radical (unpaired) electrons. The standard InChI is InChI=1S/C15H23NO/c1-3-13-7-4-5-8-14(13)11-16-12-15(2)9-6-10-17-15/h4-5,7-8,16H,3,6,9-12H2,1-2H3. The predicted octanol–water partition coefficient (Wildman–Crippen LogP) is 2.91. The average Bonchev–Trinajstić information content (AvgIpc) is 2.77. The third-order valence-corrected chi connectivity index (χ3v) is 3.61. The summed E-state index contributed by atoms with van der Waals surface area (Å²) in [6.07, 6.45) is 3.48. The maximum atomic E-state index is 5.77. The van der Waals surface area contributed by atoms with Gasteiger partial charge in [0.1, 0.15) is 0 Å². The van der Waals surface area contributed by atoms with E-state index in [1.54, 1.807) is 0 Å². The van der Waals surface area contributed by atoms with Crippen molar-refractivity contribution in [2.24, 2.45) is 0 Å². The molecule has 1 heterocycles. The minimum atomic E-state index is 0.0567. The quantitative estimate of drug-likeness (QED) is 0.844. The second-order valence-electron chi connectivity index (χ2n) is 5.13. The predicted molar refractivity (Wildman–Crippen MR) is 71.1 cm³/mol. The molecule has 1 saturated heterocycles. The van der Waals surface area contributed by atoms with E-state index in [9.17, 15) is 0 Å². The molecule has 1 aromatic carbocycles. The zero-order chi connectivity index (χ0) is 12.1. The molecule has 1 aliphatic rings. The fraction of sp³-hybridized carbons (Fsp3) is 0.600. The van der Waals surface area contributed by atoms with Crippen molar-refractivity contribution in [1.82, 2.24) is 5.32 Å². The largest absolute Gasteiger partial charge is 0.374 e. The van der Waals surface area contributed by atoms with Crippen LogP contribution in [0.1, 0.15) is 37.8 Å². The fourth-order valence-electron chi connectivity index (χ4n) is 2.51. The molecule has 0 spiro atoms. The zero-order valence-corrected chi connectivity index (χ0v) is 11.0. The monoisotopic (exact) mass is 233 g/mol. The molecule has 1 fully saturated rings. The summed E-state index contributed by atoms with van der Waals surface area (Å²) in [5.41, 5.74) is 2.91. The first-order chi connectivity index (χ1) is 8.23. The van der Waals surface area contributed by atoms with Gasteiger partial charge in [-0.2, -0.15) is 0 Å². The maximum absolute atomic E-state index is 5.77. The summed E-state index contributed by atoms with van der Waals surface area (Å²) in [6, 6.07) is 8.65. The average molecular weight is 233 g/mol. The van der Waals surface area contributed by atoms with Gasteiger partial charge in [-0.15, -0.1) is 0 Å². The molecule has 1 aromatic rings. The Morgan fingerprint density at radius 1 is 1.29 bits per heavy atom. The number of ether oxygens (including phenoxy) is 1. The fourth-order valence-corrected chi connectivity index (χ4v) is 2.51. The smallest absolute Gasteiger partial charge is 0.0779 e. The highest BCUT2D eigenvalue weighted by Gasteiger charge is 2.28. The Morgan fingerprint density at radius 2 is 2.06 bits per heavy atom. The molecule has 0 bridgehead atoms. The molecular formula is C15H23NO. The van der Waals surface area contributed by atoms with Gasteiger partial charge in [-0.1, -0.05) is 31.2 Å². The molecule has 0 amide bonds. The molecule has 1 atom stereocenters. The minimum absolute atomic E-state index is 0.0567. The maximum Gasteiger partial charge on any atom is 0.0779 e. The summed E-state index contributed by atoms with van der Waals surface area (Å²) in [4.78, 5) is 0. The Bertz CT molecular complexity index is 356. The van der Waals surface area contributed by atoms with Crippen LogP contribution in [-0.4, -0.2) is 18.8 Å². The summed E-state index contributed by atoms with van der Waals surface area (Å²) in [5.74, 6) is 0. The lowest BCUT2D eigenvalue weighted by Crippen LogP contribution is -2.36. The first kappa shape index (κ1) is 12.6. The van der Waals surface area contributed by atoms with E-state index in [0.717, 1.165) is 26.1 Å².